The standard InChI is InChI=1S/C28H32FN5O4/c1-17(2)19-9-11-21(12-10-19)27(20-7-5-4-6-8-20)31-28(37)23-13-22(29)16-34(23)26(36)14-24-32-33-25(38-24)15-30-18(3)35/h4-12,17,22-23,27H,13-16H2,1-3H3,(H,30,35)(H,31,37). The summed E-state index contributed by atoms with van der Waals surface area (Å²) in [7, 11) is 0. The van der Waals surface area contributed by atoms with Gasteiger partial charge in [-0.05, 0) is 22.6 Å². The van der Waals surface area contributed by atoms with Crippen LogP contribution in [-0.2, 0) is 27.3 Å². The summed E-state index contributed by atoms with van der Waals surface area (Å²) in [6.45, 7) is 5.43. The van der Waals surface area contributed by atoms with Crippen molar-refractivity contribution < 1.29 is 23.2 Å². The third-order valence-corrected chi connectivity index (χ3v) is 6.53. The van der Waals surface area contributed by atoms with E-state index >= 15 is 0 Å². The normalized spacial score (nSPS) is 17.9. The predicted octanol–water partition coefficient (Wildman–Crippen LogP) is 3.22. The highest BCUT2D eigenvalue weighted by molar-refractivity contribution is 5.89. The van der Waals surface area contributed by atoms with Crippen LogP contribution in [0.4, 0.5) is 4.39 Å². The number of benzene rings is 2. The van der Waals surface area contributed by atoms with Gasteiger partial charge in [-0.1, -0.05) is 68.4 Å². The van der Waals surface area contributed by atoms with Crippen molar-refractivity contribution in [2.75, 3.05) is 6.54 Å². The first-order chi connectivity index (χ1) is 18.2. The molecule has 1 saturated heterocycles. The van der Waals surface area contributed by atoms with Crippen LogP contribution in [0.15, 0.2) is 59.0 Å². The Labute approximate surface area is 220 Å². The third-order valence-electron chi connectivity index (χ3n) is 6.53. The van der Waals surface area contributed by atoms with E-state index in [1.807, 2.05) is 54.6 Å². The monoisotopic (exact) mass is 521 g/mol. The summed E-state index contributed by atoms with van der Waals surface area (Å²) in [5.41, 5.74) is 2.95. The lowest BCUT2D eigenvalue weighted by atomic mass is 9.95. The highest BCUT2D eigenvalue weighted by atomic mass is 19.1. The Morgan fingerprint density at radius 2 is 1.63 bits per heavy atom. The molecule has 0 radical (unpaired) electrons. The minimum Gasteiger partial charge on any atom is -0.423 e. The second kappa shape index (κ2) is 12.0. The fraction of sp³-hybridized carbons (Fsp3) is 0.393. The number of hydrogen-bond donors (Lipinski definition) is 2. The summed E-state index contributed by atoms with van der Waals surface area (Å²) < 4.78 is 19.9. The van der Waals surface area contributed by atoms with Crippen molar-refractivity contribution in [3.63, 3.8) is 0 Å². The molecule has 1 aliphatic heterocycles. The first kappa shape index (κ1) is 27.0. The molecular weight excluding hydrogens is 489 g/mol. The maximum atomic E-state index is 14.5. The third kappa shape index (κ3) is 6.62. The Balaban J connectivity index is 1.49. The number of halogens is 1. The molecule has 1 aliphatic rings. The average molecular weight is 522 g/mol. The van der Waals surface area contributed by atoms with Gasteiger partial charge >= 0.3 is 0 Å². The molecule has 3 aromatic rings. The lowest BCUT2D eigenvalue weighted by Gasteiger charge is -2.27. The SMILES string of the molecule is CC(=O)NCc1nnc(CC(=O)N2CC(F)CC2C(=O)NC(c2ccccc2)c2ccc(C(C)C)cc2)o1. The van der Waals surface area contributed by atoms with E-state index in [0.29, 0.717) is 5.92 Å². The highest BCUT2D eigenvalue weighted by Crippen LogP contribution is 2.27. The van der Waals surface area contributed by atoms with Gasteiger partial charge < -0.3 is 20.0 Å². The molecule has 0 saturated carbocycles. The van der Waals surface area contributed by atoms with Gasteiger partial charge in [0.25, 0.3) is 0 Å². The van der Waals surface area contributed by atoms with Gasteiger partial charge in [-0.25, -0.2) is 4.39 Å². The number of nitrogens with one attached hydrogen (secondary N) is 2. The summed E-state index contributed by atoms with van der Waals surface area (Å²) >= 11 is 0. The molecule has 0 spiro atoms. The van der Waals surface area contributed by atoms with E-state index in [2.05, 4.69) is 34.7 Å². The van der Waals surface area contributed by atoms with Crippen LogP contribution in [0.2, 0.25) is 0 Å². The lowest BCUT2D eigenvalue weighted by molar-refractivity contribution is -0.138. The van der Waals surface area contributed by atoms with Crippen LogP contribution in [0, 0.1) is 0 Å². The van der Waals surface area contributed by atoms with Gasteiger partial charge in [0.05, 0.1) is 19.1 Å². The van der Waals surface area contributed by atoms with Crippen molar-refractivity contribution in [3.05, 3.63) is 83.1 Å². The van der Waals surface area contributed by atoms with Crippen molar-refractivity contribution >= 4 is 17.7 Å². The minimum absolute atomic E-state index is 0.0317. The van der Waals surface area contributed by atoms with Crippen LogP contribution in [0.3, 0.4) is 0 Å². The number of alkyl halides is 1. The Hall–Kier alpha value is -4.08. The smallest absolute Gasteiger partial charge is 0.243 e. The topological polar surface area (TPSA) is 117 Å². The van der Waals surface area contributed by atoms with E-state index in [0.717, 1.165) is 11.1 Å². The van der Waals surface area contributed by atoms with E-state index in [-0.39, 0.29) is 43.6 Å². The summed E-state index contributed by atoms with van der Waals surface area (Å²) in [6.07, 6.45) is -1.70. The van der Waals surface area contributed by atoms with Crippen LogP contribution in [0.25, 0.3) is 0 Å². The predicted molar refractivity (Wildman–Crippen MR) is 137 cm³/mol. The summed E-state index contributed by atoms with van der Waals surface area (Å²) in [5.74, 6) is -0.630. The number of nitrogens with zero attached hydrogens (tertiary/aromatic N) is 3. The Morgan fingerprint density at radius 3 is 2.29 bits per heavy atom. The fourth-order valence-corrected chi connectivity index (χ4v) is 4.49. The van der Waals surface area contributed by atoms with Gasteiger partial charge in [0, 0.05) is 13.3 Å². The van der Waals surface area contributed by atoms with Crippen LogP contribution in [0.1, 0.15) is 67.6 Å². The Bertz CT molecular complexity index is 1260. The number of likely N-dealkylation sites (tertiary alicyclic amines) is 1. The van der Waals surface area contributed by atoms with Gasteiger partial charge in [-0.2, -0.15) is 0 Å². The molecule has 38 heavy (non-hydrogen) atoms. The van der Waals surface area contributed by atoms with E-state index in [1.165, 1.54) is 17.4 Å². The molecule has 3 amide bonds. The number of carbonyl (C=O) groups excluding carboxylic acids is 3. The van der Waals surface area contributed by atoms with Crippen LogP contribution in [0.5, 0.6) is 0 Å². The summed E-state index contributed by atoms with van der Waals surface area (Å²) in [6, 6.07) is 16.1. The van der Waals surface area contributed by atoms with Crippen LogP contribution in [-0.4, -0.2) is 51.6 Å². The highest BCUT2D eigenvalue weighted by Gasteiger charge is 2.40. The quantitative estimate of drug-likeness (QED) is 0.447. The van der Waals surface area contributed by atoms with E-state index < -0.39 is 30.1 Å². The average Bonchev–Trinajstić information content (AvgIpc) is 3.52. The molecule has 3 unspecified atom stereocenters. The van der Waals surface area contributed by atoms with Gasteiger partial charge in [-0.15, -0.1) is 10.2 Å². The number of rotatable bonds is 9. The fourth-order valence-electron chi connectivity index (χ4n) is 4.49. The second-order valence-corrected chi connectivity index (χ2v) is 9.74. The van der Waals surface area contributed by atoms with E-state index in [4.69, 9.17) is 4.42 Å². The molecule has 3 atom stereocenters. The van der Waals surface area contributed by atoms with Crippen LogP contribution >= 0.6 is 0 Å². The molecule has 2 N–H and O–H groups in total. The molecule has 9 nitrogen and oxygen atoms in total. The molecule has 2 heterocycles. The zero-order valence-electron chi connectivity index (χ0n) is 21.7. The number of aromatic nitrogens is 2. The Morgan fingerprint density at radius 1 is 1.00 bits per heavy atom. The van der Waals surface area contributed by atoms with Crippen molar-refractivity contribution in [1.82, 2.24) is 25.7 Å². The van der Waals surface area contributed by atoms with Crippen molar-refractivity contribution in [1.29, 1.82) is 0 Å². The number of hydrogen-bond acceptors (Lipinski definition) is 6. The van der Waals surface area contributed by atoms with Crippen LogP contribution < -0.4 is 10.6 Å². The minimum atomic E-state index is -1.33. The first-order valence-corrected chi connectivity index (χ1v) is 12.7. The zero-order valence-corrected chi connectivity index (χ0v) is 21.7. The summed E-state index contributed by atoms with van der Waals surface area (Å²) in [4.78, 5) is 38.8. The maximum absolute atomic E-state index is 14.5. The molecule has 200 valence electrons. The molecule has 1 aromatic heterocycles. The number of amides is 3. The van der Waals surface area contributed by atoms with E-state index in [9.17, 15) is 18.8 Å². The first-order valence-electron chi connectivity index (χ1n) is 12.7. The molecule has 2 aromatic carbocycles. The lowest BCUT2D eigenvalue weighted by Crippen LogP contribution is -2.47. The largest absolute Gasteiger partial charge is 0.423 e. The van der Waals surface area contributed by atoms with Gasteiger partial charge in [0.2, 0.25) is 29.5 Å². The molecular formula is C28H32FN5O4. The summed E-state index contributed by atoms with van der Waals surface area (Å²) in [5, 5.41) is 13.2. The molecule has 0 aliphatic carbocycles. The Kier molecular flexibility index (Phi) is 8.50. The van der Waals surface area contributed by atoms with E-state index in [1.54, 1.807) is 0 Å². The zero-order chi connectivity index (χ0) is 27.2. The van der Waals surface area contributed by atoms with Crippen molar-refractivity contribution in [3.8, 4) is 0 Å². The van der Waals surface area contributed by atoms with Crippen molar-refractivity contribution in [2.24, 2.45) is 0 Å². The van der Waals surface area contributed by atoms with Gasteiger partial charge in [-0.3, -0.25) is 14.4 Å². The number of carbonyl (C=O) groups is 3. The maximum Gasteiger partial charge on any atom is 0.243 e. The van der Waals surface area contributed by atoms with Crippen molar-refractivity contribution in [2.45, 2.75) is 64.3 Å². The van der Waals surface area contributed by atoms with Gasteiger partial charge in [0.1, 0.15) is 18.6 Å². The molecule has 0 bridgehead atoms. The molecule has 1 fully saturated rings. The molecule has 10 heteroatoms. The molecule has 4 rings (SSSR count). The van der Waals surface area contributed by atoms with Gasteiger partial charge in [0.15, 0.2) is 0 Å². The second-order valence-electron chi connectivity index (χ2n) is 9.74.